The van der Waals surface area contributed by atoms with E-state index in [1.165, 1.54) is 0 Å². The fourth-order valence-electron chi connectivity index (χ4n) is 2.00. The van der Waals surface area contributed by atoms with Crippen LogP contribution in [0.1, 0.15) is 12.0 Å². The lowest BCUT2D eigenvalue weighted by Crippen LogP contribution is -2.17. The molecule has 4 nitrogen and oxygen atoms in total. The van der Waals surface area contributed by atoms with Crippen molar-refractivity contribution >= 4 is 35.6 Å². The number of nitrogens with one attached hydrogen (secondary N) is 1. The van der Waals surface area contributed by atoms with Crippen LogP contribution in [0.3, 0.4) is 0 Å². The number of aryl methyl sites for hydroxylation is 1. The van der Waals surface area contributed by atoms with Crippen LogP contribution < -0.4 is 10.1 Å². The smallest absolute Gasteiger partial charge is 0.142 e. The van der Waals surface area contributed by atoms with Crippen LogP contribution in [0.5, 0.6) is 5.75 Å². The Hall–Kier alpha value is -0.940. The normalized spacial score (nSPS) is 10.2. The first-order valence-corrected chi connectivity index (χ1v) is 7.14. The van der Waals surface area contributed by atoms with E-state index in [0.717, 1.165) is 25.1 Å². The number of benzene rings is 1. The van der Waals surface area contributed by atoms with Gasteiger partial charge in [-0.05, 0) is 25.1 Å². The monoisotopic (exact) mass is 349 g/mol. The van der Waals surface area contributed by atoms with Gasteiger partial charge in [-0.3, -0.25) is 0 Å². The Labute approximate surface area is 140 Å². The van der Waals surface area contributed by atoms with Gasteiger partial charge in [-0.25, -0.2) is 4.98 Å². The van der Waals surface area contributed by atoms with E-state index in [-0.39, 0.29) is 12.4 Å². The van der Waals surface area contributed by atoms with Crippen LogP contribution in [0.2, 0.25) is 10.0 Å². The van der Waals surface area contributed by atoms with Crippen LogP contribution in [0.25, 0.3) is 0 Å². The molecule has 0 unspecified atom stereocenters. The highest BCUT2D eigenvalue weighted by atomic mass is 35.5. The van der Waals surface area contributed by atoms with Crippen molar-refractivity contribution < 1.29 is 4.74 Å². The molecule has 1 aromatic heterocycles. The molecule has 1 aromatic carbocycles. The number of halogens is 3. The Morgan fingerprint density at radius 2 is 2.14 bits per heavy atom. The molecule has 0 spiro atoms. The predicted molar refractivity (Wildman–Crippen MR) is 88.8 cm³/mol. The molecule has 21 heavy (non-hydrogen) atoms. The first-order chi connectivity index (χ1) is 9.70. The van der Waals surface area contributed by atoms with Crippen LogP contribution in [-0.4, -0.2) is 23.2 Å². The minimum absolute atomic E-state index is 0. The van der Waals surface area contributed by atoms with Gasteiger partial charge in [0, 0.05) is 36.1 Å². The summed E-state index contributed by atoms with van der Waals surface area (Å²) in [6.45, 7) is 2.51. The molecule has 7 heteroatoms. The van der Waals surface area contributed by atoms with Crippen molar-refractivity contribution in [3.63, 3.8) is 0 Å². The van der Waals surface area contributed by atoms with Crippen molar-refractivity contribution in [2.24, 2.45) is 0 Å². The van der Waals surface area contributed by atoms with Gasteiger partial charge in [-0.2, -0.15) is 0 Å². The average molecular weight is 351 g/mol. The third-order valence-electron chi connectivity index (χ3n) is 2.93. The summed E-state index contributed by atoms with van der Waals surface area (Å²) in [7, 11) is 1.61. The third kappa shape index (κ3) is 5.40. The third-order valence-corrected chi connectivity index (χ3v) is 3.43. The molecule has 0 saturated heterocycles. The molecule has 0 aliphatic carbocycles. The molecule has 116 valence electrons. The van der Waals surface area contributed by atoms with E-state index in [1.807, 2.05) is 18.6 Å². The minimum Gasteiger partial charge on any atom is -0.495 e. The lowest BCUT2D eigenvalue weighted by molar-refractivity contribution is 0.407. The molecule has 0 radical (unpaired) electrons. The molecule has 0 saturated carbocycles. The molecule has 0 bridgehead atoms. The lowest BCUT2D eigenvalue weighted by atomic mass is 10.2. The molecule has 0 amide bonds. The van der Waals surface area contributed by atoms with Crippen molar-refractivity contribution in [1.82, 2.24) is 14.9 Å². The second kappa shape index (κ2) is 9.15. The second-order valence-electron chi connectivity index (χ2n) is 4.41. The van der Waals surface area contributed by atoms with E-state index < -0.39 is 0 Å². The van der Waals surface area contributed by atoms with Gasteiger partial charge in [-0.1, -0.05) is 23.2 Å². The van der Waals surface area contributed by atoms with Crippen LogP contribution in [-0.2, 0) is 13.1 Å². The SMILES string of the molecule is COc1c(Cl)cc(Cl)cc1CNCCCn1ccnc1.Cl. The maximum atomic E-state index is 6.09. The molecule has 1 N–H and O–H groups in total. The Morgan fingerprint density at radius 3 is 2.81 bits per heavy atom. The zero-order valence-corrected chi connectivity index (χ0v) is 14.0. The quantitative estimate of drug-likeness (QED) is 0.772. The van der Waals surface area contributed by atoms with Crippen molar-refractivity contribution in [3.05, 3.63) is 46.5 Å². The van der Waals surface area contributed by atoms with E-state index in [9.17, 15) is 0 Å². The number of hydrogen-bond acceptors (Lipinski definition) is 3. The van der Waals surface area contributed by atoms with E-state index in [2.05, 4.69) is 14.9 Å². The highest BCUT2D eigenvalue weighted by Crippen LogP contribution is 2.31. The first kappa shape index (κ1) is 18.1. The maximum Gasteiger partial charge on any atom is 0.142 e. The molecule has 0 atom stereocenters. The maximum absolute atomic E-state index is 6.09. The predicted octanol–water partition coefficient (Wildman–Crippen LogP) is 3.80. The fraction of sp³-hybridized carbons (Fsp3) is 0.357. The van der Waals surface area contributed by atoms with Gasteiger partial charge in [0.25, 0.3) is 0 Å². The van der Waals surface area contributed by atoms with E-state index in [4.69, 9.17) is 27.9 Å². The zero-order valence-electron chi connectivity index (χ0n) is 11.7. The van der Waals surface area contributed by atoms with E-state index in [0.29, 0.717) is 22.3 Å². The van der Waals surface area contributed by atoms with E-state index >= 15 is 0 Å². The molecule has 0 fully saturated rings. The van der Waals surface area contributed by atoms with Gasteiger partial charge < -0.3 is 14.6 Å². The van der Waals surface area contributed by atoms with E-state index in [1.54, 1.807) is 19.4 Å². The standard InChI is InChI=1S/C14H17Cl2N3O.ClH/c1-20-14-11(7-12(15)8-13(14)16)9-17-3-2-5-19-6-4-18-10-19;/h4,6-8,10,17H,2-3,5,9H2,1H3;1H. The Kier molecular flexibility index (Phi) is 7.89. The van der Waals surface area contributed by atoms with Gasteiger partial charge in [0.15, 0.2) is 0 Å². The van der Waals surface area contributed by atoms with Crippen molar-refractivity contribution in [2.75, 3.05) is 13.7 Å². The number of rotatable bonds is 7. The molecule has 0 aliphatic heterocycles. The first-order valence-electron chi connectivity index (χ1n) is 6.39. The topological polar surface area (TPSA) is 39.1 Å². The van der Waals surface area contributed by atoms with Gasteiger partial charge in [-0.15, -0.1) is 12.4 Å². The van der Waals surface area contributed by atoms with Crippen LogP contribution in [0.4, 0.5) is 0 Å². The van der Waals surface area contributed by atoms with Gasteiger partial charge >= 0.3 is 0 Å². The number of nitrogens with zero attached hydrogens (tertiary/aromatic N) is 2. The molecule has 0 aliphatic rings. The van der Waals surface area contributed by atoms with Gasteiger partial charge in [0.1, 0.15) is 5.75 Å². The zero-order chi connectivity index (χ0) is 14.4. The fourth-order valence-corrected chi connectivity index (χ4v) is 2.61. The molecule has 2 aromatic rings. The lowest BCUT2D eigenvalue weighted by Gasteiger charge is -2.12. The number of hydrogen-bond donors (Lipinski definition) is 1. The van der Waals surface area contributed by atoms with Crippen molar-refractivity contribution in [1.29, 1.82) is 0 Å². The summed E-state index contributed by atoms with van der Waals surface area (Å²) in [6, 6.07) is 3.56. The summed E-state index contributed by atoms with van der Waals surface area (Å²) in [5.41, 5.74) is 0.965. The van der Waals surface area contributed by atoms with Gasteiger partial charge in [0.2, 0.25) is 0 Å². The van der Waals surface area contributed by atoms with Crippen LogP contribution >= 0.6 is 35.6 Å². The summed E-state index contributed by atoms with van der Waals surface area (Å²) >= 11 is 12.1. The average Bonchev–Trinajstić information content (AvgIpc) is 2.91. The highest BCUT2D eigenvalue weighted by Gasteiger charge is 2.09. The summed E-state index contributed by atoms with van der Waals surface area (Å²) in [4.78, 5) is 4.01. The molecule has 2 rings (SSSR count). The summed E-state index contributed by atoms with van der Waals surface area (Å²) < 4.78 is 7.36. The minimum atomic E-state index is 0. The Morgan fingerprint density at radius 1 is 1.33 bits per heavy atom. The number of imidazole rings is 1. The summed E-state index contributed by atoms with van der Waals surface area (Å²) in [5, 5.41) is 4.52. The summed E-state index contributed by atoms with van der Waals surface area (Å²) in [6.07, 6.45) is 6.58. The van der Waals surface area contributed by atoms with Gasteiger partial charge in [0.05, 0.1) is 18.5 Å². The molecular formula is C14H18Cl3N3O. The number of ether oxygens (including phenoxy) is 1. The van der Waals surface area contributed by atoms with Crippen LogP contribution in [0.15, 0.2) is 30.9 Å². The second-order valence-corrected chi connectivity index (χ2v) is 5.25. The summed E-state index contributed by atoms with van der Waals surface area (Å²) in [5.74, 6) is 0.679. The van der Waals surface area contributed by atoms with Crippen molar-refractivity contribution in [3.8, 4) is 5.75 Å². The largest absolute Gasteiger partial charge is 0.495 e. The Bertz CT molecular complexity index is 547. The highest BCUT2D eigenvalue weighted by molar-refractivity contribution is 6.35. The molecular weight excluding hydrogens is 333 g/mol. The van der Waals surface area contributed by atoms with Crippen molar-refractivity contribution in [2.45, 2.75) is 19.5 Å². The Balaban J connectivity index is 0.00000220. The van der Waals surface area contributed by atoms with Crippen LogP contribution in [0, 0.1) is 0 Å². The number of methoxy groups -OCH3 is 1. The number of aromatic nitrogens is 2. The molecule has 1 heterocycles.